The number of aromatic nitrogens is 1. The number of nitrogens with zero attached hydrogens (tertiary/aromatic N) is 1. The average Bonchev–Trinajstić information content (AvgIpc) is 3.10. The number of para-hydroxylation sites is 2. The van der Waals surface area contributed by atoms with Crippen LogP contribution in [0.1, 0.15) is 64.2 Å². The monoisotopic (exact) mass is 375 g/mol. The van der Waals surface area contributed by atoms with E-state index in [1.165, 1.54) is 36.5 Å². The van der Waals surface area contributed by atoms with Gasteiger partial charge in [-0.1, -0.05) is 62.1 Å². The summed E-state index contributed by atoms with van der Waals surface area (Å²) in [6.45, 7) is 0. The third-order valence-corrected chi connectivity index (χ3v) is 6.89. The highest BCUT2D eigenvalue weighted by atomic mass is 16.5. The van der Waals surface area contributed by atoms with Gasteiger partial charge in [0.2, 0.25) is 0 Å². The highest BCUT2D eigenvalue weighted by Crippen LogP contribution is 2.43. The van der Waals surface area contributed by atoms with Gasteiger partial charge in [0.1, 0.15) is 11.6 Å². The zero-order valence-corrected chi connectivity index (χ0v) is 16.5. The second-order valence-corrected chi connectivity index (χ2v) is 8.63. The first-order valence-electron chi connectivity index (χ1n) is 11.0. The number of esters is 1. The number of rotatable bonds is 3. The number of ether oxygens (including phenoxy) is 1. The summed E-state index contributed by atoms with van der Waals surface area (Å²) in [4.78, 5) is 13.7. The average molecular weight is 376 g/mol. The molecule has 2 aromatic carbocycles. The Bertz CT molecular complexity index is 937. The minimum Gasteiger partial charge on any atom is -0.461 e. The molecule has 1 heterocycles. The summed E-state index contributed by atoms with van der Waals surface area (Å²) in [7, 11) is 0. The van der Waals surface area contributed by atoms with Gasteiger partial charge >= 0.3 is 5.97 Å². The number of fused-ring (bicyclic) bond motifs is 3. The topological polar surface area (TPSA) is 31.2 Å². The molecule has 28 heavy (non-hydrogen) atoms. The summed E-state index contributed by atoms with van der Waals surface area (Å²) in [5.41, 5.74) is 1.75. The van der Waals surface area contributed by atoms with Crippen LogP contribution in [0.3, 0.4) is 0 Å². The molecule has 2 fully saturated rings. The van der Waals surface area contributed by atoms with Crippen molar-refractivity contribution in [2.24, 2.45) is 0 Å². The van der Waals surface area contributed by atoms with E-state index < -0.39 is 5.54 Å². The second-order valence-electron chi connectivity index (χ2n) is 8.63. The van der Waals surface area contributed by atoms with Crippen LogP contribution in [0.4, 0.5) is 0 Å². The molecule has 0 aliphatic heterocycles. The van der Waals surface area contributed by atoms with Crippen molar-refractivity contribution >= 4 is 27.8 Å². The first kappa shape index (κ1) is 17.8. The maximum Gasteiger partial charge on any atom is 0.332 e. The zero-order chi connectivity index (χ0) is 19.0. The molecular weight excluding hydrogens is 346 g/mol. The summed E-state index contributed by atoms with van der Waals surface area (Å²) in [5.74, 6) is 0.00519. The van der Waals surface area contributed by atoms with Crippen LogP contribution in [0, 0.1) is 0 Å². The van der Waals surface area contributed by atoms with Gasteiger partial charge in [-0.05, 0) is 50.7 Å². The predicted molar refractivity (Wildman–Crippen MR) is 113 cm³/mol. The normalized spacial score (nSPS) is 20.4. The molecule has 146 valence electrons. The van der Waals surface area contributed by atoms with Gasteiger partial charge in [-0.25, -0.2) is 4.79 Å². The van der Waals surface area contributed by atoms with Crippen molar-refractivity contribution in [3.63, 3.8) is 0 Å². The molecule has 0 atom stereocenters. The van der Waals surface area contributed by atoms with Crippen LogP contribution in [0.15, 0.2) is 48.5 Å². The fraction of sp³-hybridized carbons (Fsp3) is 0.480. The summed E-state index contributed by atoms with van der Waals surface area (Å²) in [6.07, 6.45) is 10.9. The van der Waals surface area contributed by atoms with E-state index in [0.29, 0.717) is 0 Å². The maximum absolute atomic E-state index is 13.7. The molecule has 0 radical (unpaired) electrons. The molecule has 0 unspecified atom stereocenters. The van der Waals surface area contributed by atoms with Gasteiger partial charge in [0, 0.05) is 10.8 Å². The van der Waals surface area contributed by atoms with E-state index in [1.807, 2.05) is 0 Å². The minimum absolute atomic E-state index is 0.00519. The minimum atomic E-state index is -0.571. The Balaban J connectivity index is 1.66. The summed E-state index contributed by atoms with van der Waals surface area (Å²) in [6, 6.07) is 17.0. The molecule has 2 aliphatic carbocycles. The lowest BCUT2D eigenvalue weighted by Crippen LogP contribution is -2.46. The fourth-order valence-corrected chi connectivity index (χ4v) is 5.48. The number of benzene rings is 2. The Labute approximate surface area is 166 Å². The molecule has 0 amide bonds. The smallest absolute Gasteiger partial charge is 0.332 e. The van der Waals surface area contributed by atoms with Crippen LogP contribution in [0.5, 0.6) is 0 Å². The van der Waals surface area contributed by atoms with Crippen molar-refractivity contribution in [2.45, 2.75) is 75.9 Å². The van der Waals surface area contributed by atoms with Crippen molar-refractivity contribution in [2.75, 3.05) is 0 Å². The van der Waals surface area contributed by atoms with E-state index in [1.54, 1.807) is 0 Å². The molecule has 0 bridgehead atoms. The van der Waals surface area contributed by atoms with Gasteiger partial charge in [0.15, 0.2) is 0 Å². The SMILES string of the molecule is O=C(OC1CCCCC1)C1(n2c3ccccc3c3ccccc32)CCCCC1. The van der Waals surface area contributed by atoms with E-state index in [0.717, 1.165) is 49.6 Å². The fourth-order valence-electron chi connectivity index (χ4n) is 5.48. The van der Waals surface area contributed by atoms with Crippen molar-refractivity contribution in [1.29, 1.82) is 0 Å². The first-order chi connectivity index (χ1) is 13.8. The Hall–Kier alpha value is -2.29. The largest absolute Gasteiger partial charge is 0.461 e. The third kappa shape index (κ3) is 2.83. The lowest BCUT2D eigenvalue weighted by atomic mass is 9.81. The molecule has 3 heteroatoms. The maximum atomic E-state index is 13.7. The molecule has 0 saturated heterocycles. The van der Waals surface area contributed by atoms with E-state index in [-0.39, 0.29) is 12.1 Å². The van der Waals surface area contributed by atoms with Gasteiger partial charge in [0.05, 0.1) is 11.0 Å². The summed E-state index contributed by atoms with van der Waals surface area (Å²) in [5, 5.41) is 2.46. The van der Waals surface area contributed by atoms with Crippen molar-refractivity contribution < 1.29 is 9.53 Å². The summed E-state index contributed by atoms with van der Waals surface area (Å²) >= 11 is 0. The van der Waals surface area contributed by atoms with Crippen LogP contribution in [0.25, 0.3) is 21.8 Å². The van der Waals surface area contributed by atoms with Gasteiger partial charge in [-0.15, -0.1) is 0 Å². The lowest BCUT2D eigenvalue weighted by molar-refractivity contribution is -0.163. The number of hydrogen-bond acceptors (Lipinski definition) is 2. The van der Waals surface area contributed by atoms with E-state index in [4.69, 9.17) is 4.74 Å². The van der Waals surface area contributed by atoms with Crippen LogP contribution in [-0.4, -0.2) is 16.6 Å². The Morgan fingerprint density at radius 2 is 1.32 bits per heavy atom. The molecule has 0 N–H and O–H groups in total. The van der Waals surface area contributed by atoms with Gasteiger partial charge in [-0.3, -0.25) is 0 Å². The summed E-state index contributed by atoms with van der Waals surface area (Å²) < 4.78 is 8.53. The second kappa shape index (κ2) is 7.27. The Kier molecular flexibility index (Phi) is 4.62. The molecule has 2 saturated carbocycles. The van der Waals surface area contributed by atoms with Crippen LogP contribution in [-0.2, 0) is 15.1 Å². The molecule has 0 spiro atoms. The van der Waals surface area contributed by atoms with E-state index >= 15 is 0 Å². The standard InChI is InChI=1S/C25H29NO2/c27-24(28-19-11-3-1-4-12-19)25(17-9-2-10-18-25)26-22-15-7-5-13-20(22)21-14-6-8-16-23(21)26/h5-8,13-16,19H,1-4,9-12,17-18H2. The Morgan fingerprint density at radius 1 is 0.786 bits per heavy atom. The van der Waals surface area contributed by atoms with E-state index in [2.05, 4.69) is 53.1 Å². The number of carbonyl (C=O) groups excluding carboxylic acids is 1. The Morgan fingerprint density at radius 3 is 1.93 bits per heavy atom. The van der Waals surface area contributed by atoms with Gasteiger partial charge in [-0.2, -0.15) is 0 Å². The molecule has 2 aliphatic rings. The van der Waals surface area contributed by atoms with Crippen LogP contribution in [0.2, 0.25) is 0 Å². The first-order valence-corrected chi connectivity index (χ1v) is 11.0. The number of hydrogen-bond donors (Lipinski definition) is 0. The highest BCUT2D eigenvalue weighted by molar-refractivity contribution is 6.09. The quantitative estimate of drug-likeness (QED) is 0.501. The molecule has 1 aromatic heterocycles. The highest BCUT2D eigenvalue weighted by Gasteiger charge is 2.45. The molecule has 3 nitrogen and oxygen atoms in total. The third-order valence-electron chi connectivity index (χ3n) is 6.89. The van der Waals surface area contributed by atoms with E-state index in [9.17, 15) is 4.79 Å². The van der Waals surface area contributed by atoms with Crippen LogP contribution < -0.4 is 0 Å². The predicted octanol–water partition coefficient (Wildman–Crippen LogP) is 6.33. The lowest BCUT2D eigenvalue weighted by Gasteiger charge is -2.39. The molecule has 5 rings (SSSR count). The van der Waals surface area contributed by atoms with Crippen molar-refractivity contribution in [1.82, 2.24) is 4.57 Å². The molecule has 3 aromatic rings. The van der Waals surface area contributed by atoms with Crippen molar-refractivity contribution in [3.05, 3.63) is 48.5 Å². The van der Waals surface area contributed by atoms with Gasteiger partial charge in [0.25, 0.3) is 0 Å². The number of carbonyl (C=O) groups is 1. The zero-order valence-electron chi connectivity index (χ0n) is 16.5. The van der Waals surface area contributed by atoms with Crippen LogP contribution >= 0.6 is 0 Å². The van der Waals surface area contributed by atoms with Crippen molar-refractivity contribution in [3.8, 4) is 0 Å². The molecular formula is C25H29NO2. The van der Waals surface area contributed by atoms with Gasteiger partial charge < -0.3 is 9.30 Å².